The standard InChI is InChI=1S/C14H24N2O2/c1-11(2)10-17-7-8-18-14-6-5-13(9-15-4)12(3)16-14/h5-6,11,15H,7-10H2,1-4H3. The predicted molar refractivity (Wildman–Crippen MR) is 72.9 cm³/mol. The second kappa shape index (κ2) is 8.06. The first-order valence-electron chi connectivity index (χ1n) is 6.45. The van der Waals surface area contributed by atoms with Crippen LogP contribution in [0.5, 0.6) is 5.88 Å². The third kappa shape index (κ3) is 5.47. The van der Waals surface area contributed by atoms with E-state index in [9.17, 15) is 0 Å². The van der Waals surface area contributed by atoms with E-state index in [4.69, 9.17) is 9.47 Å². The fourth-order valence-electron chi connectivity index (χ4n) is 1.55. The number of ether oxygens (including phenoxy) is 2. The number of aryl methyl sites for hydroxylation is 1. The molecule has 0 fully saturated rings. The molecule has 0 aliphatic rings. The Labute approximate surface area is 110 Å². The third-order valence-corrected chi connectivity index (χ3v) is 2.47. The maximum atomic E-state index is 5.55. The highest BCUT2D eigenvalue weighted by Crippen LogP contribution is 2.12. The molecule has 0 aromatic carbocycles. The van der Waals surface area contributed by atoms with Crippen molar-refractivity contribution in [2.24, 2.45) is 5.92 Å². The molecule has 1 aromatic heterocycles. The van der Waals surface area contributed by atoms with Crippen molar-refractivity contribution < 1.29 is 9.47 Å². The van der Waals surface area contributed by atoms with Gasteiger partial charge in [-0.15, -0.1) is 0 Å². The van der Waals surface area contributed by atoms with Crippen LogP contribution in [0.25, 0.3) is 0 Å². The van der Waals surface area contributed by atoms with Crippen molar-refractivity contribution >= 4 is 0 Å². The van der Waals surface area contributed by atoms with Gasteiger partial charge >= 0.3 is 0 Å². The molecular weight excluding hydrogens is 228 g/mol. The van der Waals surface area contributed by atoms with Crippen molar-refractivity contribution in [3.63, 3.8) is 0 Å². The molecule has 0 saturated heterocycles. The number of hydrogen-bond acceptors (Lipinski definition) is 4. The molecule has 1 aromatic rings. The van der Waals surface area contributed by atoms with Gasteiger partial charge in [0.2, 0.25) is 5.88 Å². The van der Waals surface area contributed by atoms with Gasteiger partial charge in [-0.25, -0.2) is 4.98 Å². The van der Waals surface area contributed by atoms with Crippen LogP contribution >= 0.6 is 0 Å². The van der Waals surface area contributed by atoms with Gasteiger partial charge in [0.05, 0.1) is 6.61 Å². The summed E-state index contributed by atoms with van der Waals surface area (Å²) in [6, 6.07) is 3.95. The van der Waals surface area contributed by atoms with Crippen LogP contribution < -0.4 is 10.1 Å². The van der Waals surface area contributed by atoms with E-state index in [2.05, 4.69) is 24.1 Å². The maximum absolute atomic E-state index is 5.55. The second-order valence-corrected chi connectivity index (χ2v) is 4.74. The van der Waals surface area contributed by atoms with Crippen molar-refractivity contribution in [3.05, 3.63) is 23.4 Å². The number of rotatable bonds is 8. The average Bonchev–Trinajstić information content (AvgIpc) is 2.32. The van der Waals surface area contributed by atoms with E-state index < -0.39 is 0 Å². The normalized spacial score (nSPS) is 10.9. The molecule has 1 N–H and O–H groups in total. The molecule has 0 saturated carbocycles. The van der Waals surface area contributed by atoms with E-state index in [0.717, 1.165) is 18.8 Å². The molecule has 0 unspecified atom stereocenters. The summed E-state index contributed by atoms with van der Waals surface area (Å²) in [5.74, 6) is 1.23. The SMILES string of the molecule is CNCc1ccc(OCCOCC(C)C)nc1C. The van der Waals surface area contributed by atoms with Crippen molar-refractivity contribution in [1.29, 1.82) is 0 Å². The van der Waals surface area contributed by atoms with Crippen LogP contribution in [0, 0.1) is 12.8 Å². The van der Waals surface area contributed by atoms with Gasteiger partial charge in [-0.05, 0) is 25.5 Å². The number of aromatic nitrogens is 1. The van der Waals surface area contributed by atoms with Crippen molar-refractivity contribution in [3.8, 4) is 5.88 Å². The molecule has 4 heteroatoms. The Kier molecular flexibility index (Phi) is 6.68. The molecule has 18 heavy (non-hydrogen) atoms. The van der Waals surface area contributed by atoms with Crippen LogP contribution in [0.2, 0.25) is 0 Å². The molecule has 0 aliphatic heterocycles. The van der Waals surface area contributed by atoms with Crippen molar-refractivity contribution in [2.45, 2.75) is 27.3 Å². The summed E-state index contributed by atoms with van der Waals surface area (Å²) in [7, 11) is 1.93. The Morgan fingerprint density at radius 3 is 2.67 bits per heavy atom. The van der Waals surface area contributed by atoms with Gasteiger partial charge in [0.1, 0.15) is 6.61 Å². The molecule has 4 nitrogen and oxygen atoms in total. The van der Waals surface area contributed by atoms with Gasteiger partial charge in [-0.2, -0.15) is 0 Å². The highest BCUT2D eigenvalue weighted by Gasteiger charge is 2.02. The Hall–Kier alpha value is -1.13. The average molecular weight is 252 g/mol. The molecule has 0 radical (unpaired) electrons. The maximum Gasteiger partial charge on any atom is 0.213 e. The first kappa shape index (κ1) is 14.9. The lowest BCUT2D eigenvalue weighted by atomic mass is 10.2. The third-order valence-electron chi connectivity index (χ3n) is 2.47. The fraction of sp³-hybridized carbons (Fsp3) is 0.643. The molecule has 0 bridgehead atoms. The minimum Gasteiger partial charge on any atom is -0.475 e. The molecule has 1 rings (SSSR count). The van der Waals surface area contributed by atoms with Crippen molar-refractivity contribution in [2.75, 3.05) is 26.9 Å². The van der Waals surface area contributed by atoms with Gasteiger partial charge in [-0.1, -0.05) is 19.9 Å². The van der Waals surface area contributed by atoms with Crippen LogP contribution in [0.4, 0.5) is 0 Å². The van der Waals surface area contributed by atoms with Gasteiger partial charge in [0.25, 0.3) is 0 Å². The zero-order valence-electron chi connectivity index (χ0n) is 11.8. The Balaban J connectivity index is 2.32. The topological polar surface area (TPSA) is 43.4 Å². The van der Waals surface area contributed by atoms with Gasteiger partial charge in [0, 0.05) is 24.9 Å². The summed E-state index contributed by atoms with van der Waals surface area (Å²) in [5, 5.41) is 3.11. The number of nitrogens with zero attached hydrogens (tertiary/aromatic N) is 1. The van der Waals surface area contributed by atoms with E-state index in [1.54, 1.807) is 0 Å². The lowest BCUT2D eigenvalue weighted by molar-refractivity contribution is 0.0806. The summed E-state index contributed by atoms with van der Waals surface area (Å²) in [4.78, 5) is 4.41. The quantitative estimate of drug-likeness (QED) is 0.720. The second-order valence-electron chi connectivity index (χ2n) is 4.74. The number of nitrogens with one attached hydrogen (secondary N) is 1. The Morgan fingerprint density at radius 1 is 1.28 bits per heavy atom. The molecule has 0 spiro atoms. The van der Waals surface area contributed by atoms with Gasteiger partial charge < -0.3 is 14.8 Å². The summed E-state index contributed by atoms with van der Waals surface area (Å²) < 4.78 is 11.0. The monoisotopic (exact) mass is 252 g/mol. The van der Waals surface area contributed by atoms with Crippen LogP contribution in [0.15, 0.2) is 12.1 Å². The van der Waals surface area contributed by atoms with Crippen LogP contribution in [0.1, 0.15) is 25.1 Å². The van der Waals surface area contributed by atoms with Crippen molar-refractivity contribution in [1.82, 2.24) is 10.3 Å². The number of hydrogen-bond donors (Lipinski definition) is 1. The zero-order valence-corrected chi connectivity index (χ0v) is 11.8. The highest BCUT2D eigenvalue weighted by atomic mass is 16.5. The molecule has 1 heterocycles. The fourth-order valence-corrected chi connectivity index (χ4v) is 1.55. The largest absolute Gasteiger partial charge is 0.475 e. The molecule has 0 amide bonds. The van der Waals surface area contributed by atoms with Crippen LogP contribution in [-0.4, -0.2) is 31.9 Å². The summed E-state index contributed by atoms with van der Waals surface area (Å²) >= 11 is 0. The van der Waals surface area contributed by atoms with Crippen LogP contribution in [0.3, 0.4) is 0 Å². The zero-order chi connectivity index (χ0) is 13.4. The van der Waals surface area contributed by atoms with E-state index in [1.807, 2.05) is 26.1 Å². The van der Waals surface area contributed by atoms with Gasteiger partial charge in [0.15, 0.2) is 0 Å². The van der Waals surface area contributed by atoms with Crippen LogP contribution in [-0.2, 0) is 11.3 Å². The summed E-state index contributed by atoms with van der Waals surface area (Å²) in [6.45, 7) is 9.02. The van der Waals surface area contributed by atoms with E-state index in [-0.39, 0.29) is 0 Å². The highest BCUT2D eigenvalue weighted by molar-refractivity contribution is 5.24. The van der Waals surface area contributed by atoms with E-state index in [0.29, 0.717) is 25.0 Å². The molecular formula is C14H24N2O2. The molecule has 0 atom stereocenters. The predicted octanol–water partition coefficient (Wildman–Crippen LogP) is 2.16. The summed E-state index contributed by atoms with van der Waals surface area (Å²) in [5.41, 5.74) is 2.20. The lowest BCUT2D eigenvalue weighted by Crippen LogP contribution is -2.12. The molecule has 102 valence electrons. The Morgan fingerprint density at radius 2 is 2.06 bits per heavy atom. The van der Waals surface area contributed by atoms with E-state index >= 15 is 0 Å². The first-order chi connectivity index (χ1) is 8.63. The van der Waals surface area contributed by atoms with Gasteiger partial charge in [-0.3, -0.25) is 0 Å². The lowest BCUT2D eigenvalue weighted by Gasteiger charge is -2.10. The minimum atomic E-state index is 0.546. The van der Waals surface area contributed by atoms with E-state index in [1.165, 1.54) is 5.56 Å². The number of pyridine rings is 1. The smallest absolute Gasteiger partial charge is 0.213 e. The minimum absolute atomic E-state index is 0.546. The molecule has 0 aliphatic carbocycles. The Bertz CT molecular complexity index is 354. The first-order valence-corrected chi connectivity index (χ1v) is 6.45. The summed E-state index contributed by atoms with van der Waals surface area (Å²) in [6.07, 6.45) is 0.